The summed E-state index contributed by atoms with van der Waals surface area (Å²) in [5.74, 6) is 0.662. The Morgan fingerprint density at radius 3 is 2.81 bits per heavy atom. The van der Waals surface area contributed by atoms with E-state index < -0.39 is 5.41 Å². The number of fused-ring (bicyclic) bond motifs is 1. The summed E-state index contributed by atoms with van der Waals surface area (Å²) >= 11 is 3.53. The smallest absolute Gasteiger partial charge is 0.311 e. The molecule has 1 aliphatic rings. The van der Waals surface area contributed by atoms with Gasteiger partial charge in [-0.15, -0.1) is 0 Å². The second-order valence-corrected chi connectivity index (χ2v) is 7.43. The number of methoxy groups -OCH3 is 1. The lowest BCUT2D eigenvalue weighted by Gasteiger charge is -2.32. The highest BCUT2D eigenvalue weighted by Crippen LogP contribution is 2.42. The Kier molecular flexibility index (Phi) is 5.13. The minimum absolute atomic E-state index is 0.137. The van der Waals surface area contributed by atoms with Crippen LogP contribution < -0.4 is 0 Å². The van der Waals surface area contributed by atoms with Gasteiger partial charge >= 0.3 is 5.97 Å². The van der Waals surface area contributed by atoms with E-state index in [-0.39, 0.29) is 11.9 Å². The molecule has 0 fully saturated rings. The number of rotatable bonds is 5. The molecular formula is C18H25BrO2. The molecule has 1 aliphatic carbocycles. The molecule has 1 aromatic carbocycles. The van der Waals surface area contributed by atoms with Crippen molar-refractivity contribution in [1.29, 1.82) is 0 Å². The van der Waals surface area contributed by atoms with E-state index in [1.165, 1.54) is 36.6 Å². The molecule has 2 atom stereocenters. The Morgan fingerprint density at radius 2 is 2.19 bits per heavy atom. The number of benzene rings is 1. The molecule has 2 unspecified atom stereocenters. The number of halogens is 1. The Balaban J connectivity index is 2.39. The number of esters is 1. The number of aryl methyl sites for hydroxylation is 1. The summed E-state index contributed by atoms with van der Waals surface area (Å²) in [5.41, 5.74) is 3.68. The number of alkyl halides is 1. The molecule has 0 saturated heterocycles. The van der Waals surface area contributed by atoms with Crippen LogP contribution in [0.15, 0.2) is 18.2 Å². The van der Waals surface area contributed by atoms with Crippen LogP contribution in [-0.2, 0) is 16.0 Å². The molecule has 1 aromatic rings. The van der Waals surface area contributed by atoms with Crippen molar-refractivity contribution < 1.29 is 9.53 Å². The molecule has 2 rings (SSSR count). The SMILES string of the molecule is COC(=O)C(C)(C)C(CCBr)c1ccc2c(c1)C(C)CC2. The molecule has 0 N–H and O–H groups in total. The van der Waals surface area contributed by atoms with Gasteiger partial charge in [0.1, 0.15) is 0 Å². The molecule has 21 heavy (non-hydrogen) atoms. The van der Waals surface area contributed by atoms with Crippen molar-refractivity contribution in [1.82, 2.24) is 0 Å². The molecule has 0 radical (unpaired) electrons. The quantitative estimate of drug-likeness (QED) is 0.561. The molecule has 116 valence electrons. The van der Waals surface area contributed by atoms with E-state index in [2.05, 4.69) is 41.1 Å². The van der Waals surface area contributed by atoms with Crippen LogP contribution in [-0.4, -0.2) is 18.4 Å². The van der Waals surface area contributed by atoms with Crippen LogP contribution in [0, 0.1) is 5.41 Å². The lowest BCUT2D eigenvalue weighted by Crippen LogP contribution is -2.33. The van der Waals surface area contributed by atoms with Crippen molar-refractivity contribution in [2.45, 2.75) is 51.9 Å². The molecule has 3 heteroatoms. The van der Waals surface area contributed by atoms with Crippen LogP contribution in [0.4, 0.5) is 0 Å². The maximum Gasteiger partial charge on any atom is 0.311 e. The second kappa shape index (κ2) is 6.51. The van der Waals surface area contributed by atoms with Crippen LogP contribution >= 0.6 is 15.9 Å². The molecule has 0 spiro atoms. The molecule has 0 aromatic heterocycles. The van der Waals surface area contributed by atoms with Crippen LogP contribution in [0.5, 0.6) is 0 Å². The van der Waals surface area contributed by atoms with E-state index in [0.717, 1.165) is 11.8 Å². The fourth-order valence-electron chi connectivity index (χ4n) is 3.50. The van der Waals surface area contributed by atoms with Crippen molar-refractivity contribution in [2.75, 3.05) is 12.4 Å². The van der Waals surface area contributed by atoms with Crippen LogP contribution in [0.3, 0.4) is 0 Å². The predicted octanol–water partition coefficient (Wildman–Crippen LogP) is 4.80. The van der Waals surface area contributed by atoms with Gasteiger partial charge < -0.3 is 4.74 Å². The van der Waals surface area contributed by atoms with E-state index >= 15 is 0 Å². The molecule has 0 saturated carbocycles. The summed E-state index contributed by atoms with van der Waals surface area (Å²) in [7, 11) is 1.47. The van der Waals surface area contributed by atoms with Gasteiger partial charge in [-0.1, -0.05) is 41.1 Å². The van der Waals surface area contributed by atoms with E-state index in [4.69, 9.17) is 4.74 Å². The van der Waals surface area contributed by atoms with Gasteiger partial charge in [0.15, 0.2) is 0 Å². The number of carbonyl (C=O) groups is 1. The third kappa shape index (κ3) is 3.18. The van der Waals surface area contributed by atoms with Crippen molar-refractivity contribution in [3.63, 3.8) is 0 Å². The highest BCUT2D eigenvalue weighted by atomic mass is 79.9. The first-order valence-electron chi connectivity index (χ1n) is 7.69. The van der Waals surface area contributed by atoms with E-state index in [9.17, 15) is 4.79 Å². The largest absolute Gasteiger partial charge is 0.469 e. The summed E-state index contributed by atoms with van der Waals surface area (Å²) in [6.45, 7) is 6.27. The lowest BCUT2D eigenvalue weighted by molar-refractivity contribution is -0.152. The fourth-order valence-corrected chi connectivity index (χ4v) is 3.96. The minimum Gasteiger partial charge on any atom is -0.469 e. The lowest BCUT2D eigenvalue weighted by atomic mass is 9.73. The monoisotopic (exact) mass is 352 g/mol. The summed E-state index contributed by atoms with van der Waals surface area (Å²) < 4.78 is 5.02. The van der Waals surface area contributed by atoms with Gasteiger partial charge in [-0.2, -0.15) is 0 Å². The molecule has 2 nitrogen and oxygen atoms in total. The molecule has 0 bridgehead atoms. The zero-order valence-electron chi connectivity index (χ0n) is 13.4. The van der Waals surface area contributed by atoms with Gasteiger partial charge in [0, 0.05) is 11.2 Å². The van der Waals surface area contributed by atoms with Crippen molar-refractivity contribution in [3.8, 4) is 0 Å². The second-order valence-electron chi connectivity index (χ2n) is 6.64. The number of hydrogen-bond donors (Lipinski definition) is 0. The average Bonchev–Trinajstić information content (AvgIpc) is 2.84. The van der Waals surface area contributed by atoms with Gasteiger partial charge in [-0.25, -0.2) is 0 Å². The fraction of sp³-hybridized carbons (Fsp3) is 0.611. The topological polar surface area (TPSA) is 26.3 Å². The molecule has 0 heterocycles. The molecular weight excluding hydrogens is 328 g/mol. The predicted molar refractivity (Wildman–Crippen MR) is 90.1 cm³/mol. The highest BCUT2D eigenvalue weighted by molar-refractivity contribution is 9.09. The highest BCUT2D eigenvalue weighted by Gasteiger charge is 2.38. The van der Waals surface area contributed by atoms with Gasteiger partial charge in [0.25, 0.3) is 0 Å². The Labute approximate surface area is 136 Å². The number of ether oxygens (including phenoxy) is 1. The normalized spacial score (nSPS) is 19.2. The number of hydrogen-bond acceptors (Lipinski definition) is 2. The average molecular weight is 353 g/mol. The number of carbonyl (C=O) groups excluding carboxylic acids is 1. The van der Waals surface area contributed by atoms with Crippen molar-refractivity contribution in [3.05, 3.63) is 34.9 Å². The van der Waals surface area contributed by atoms with Crippen LogP contribution in [0.1, 0.15) is 62.1 Å². The summed E-state index contributed by atoms with van der Waals surface area (Å²) in [5, 5.41) is 0.880. The first-order chi connectivity index (χ1) is 9.91. The van der Waals surface area contributed by atoms with Gasteiger partial charge in [0.05, 0.1) is 12.5 Å². The van der Waals surface area contributed by atoms with Crippen LogP contribution in [0.2, 0.25) is 0 Å². The van der Waals surface area contributed by atoms with Crippen molar-refractivity contribution >= 4 is 21.9 Å². The Hall–Kier alpha value is -0.830. The van der Waals surface area contributed by atoms with E-state index in [0.29, 0.717) is 5.92 Å². The molecule has 0 amide bonds. The van der Waals surface area contributed by atoms with Crippen LogP contribution in [0.25, 0.3) is 0 Å². The Bertz CT molecular complexity index is 522. The summed E-state index contributed by atoms with van der Waals surface area (Å²) in [6.07, 6.45) is 3.35. The third-order valence-corrected chi connectivity index (χ3v) is 5.39. The maximum absolute atomic E-state index is 12.2. The van der Waals surface area contributed by atoms with Crippen molar-refractivity contribution in [2.24, 2.45) is 5.41 Å². The van der Waals surface area contributed by atoms with Gasteiger partial charge in [-0.3, -0.25) is 4.79 Å². The maximum atomic E-state index is 12.2. The summed E-state index contributed by atoms with van der Waals surface area (Å²) in [6, 6.07) is 6.78. The zero-order chi connectivity index (χ0) is 15.6. The standard InChI is InChI=1S/C18H25BrO2/c1-12-5-6-13-7-8-14(11-15(12)13)16(9-10-19)18(2,3)17(20)21-4/h7-8,11-12,16H,5-6,9-10H2,1-4H3. The Morgan fingerprint density at radius 1 is 1.48 bits per heavy atom. The van der Waals surface area contributed by atoms with Gasteiger partial charge in [0.2, 0.25) is 0 Å². The van der Waals surface area contributed by atoms with E-state index in [1.807, 2.05) is 13.8 Å². The first kappa shape index (κ1) is 16.5. The molecule has 0 aliphatic heterocycles. The van der Waals surface area contributed by atoms with Gasteiger partial charge in [-0.05, 0) is 55.7 Å². The minimum atomic E-state index is -0.515. The van der Waals surface area contributed by atoms with E-state index in [1.54, 1.807) is 0 Å². The zero-order valence-corrected chi connectivity index (χ0v) is 15.0. The first-order valence-corrected chi connectivity index (χ1v) is 8.81. The third-order valence-electron chi connectivity index (χ3n) is 4.93. The summed E-state index contributed by atoms with van der Waals surface area (Å²) in [4.78, 5) is 12.2.